The summed E-state index contributed by atoms with van der Waals surface area (Å²) >= 11 is 6.37. The van der Waals surface area contributed by atoms with Crippen LogP contribution in [0, 0.1) is 0 Å². The maximum absolute atomic E-state index is 14.9. The van der Waals surface area contributed by atoms with E-state index in [1.165, 1.54) is 0 Å². The van der Waals surface area contributed by atoms with Gasteiger partial charge in [0.25, 0.3) is 0 Å². The van der Waals surface area contributed by atoms with Crippen LogP contribution in [0.4, 0.5) is 0 Å². The van der Waals surface area contributed by atoms with Crippen molar-refractivity contribution in [3.63, 3.8) is 0 Å². The van der Waals surface area contributed by atoms with Crippen LogP contribution in [0.25, 0.3) is 10.8 Å². The second-order valence-electron chi connectivity index (χ2n) is 11.1. The lowest BCUT2D eigenvalue weighted by Crippen LogP contribution is -2.23. The minimum absolute atomic E-state index is 0.117. The Morgan fingerprint density at radius 2 is 0.708 bits per heavy atom. The fraction of sp³-hybridized carbons (Fsp3) is 0. The standard InChI is InChI=1S/C42H26O2S4/c43-39-33-23-21-31(45-27-13-5-1-6-14-27)25-35(33)40(44)38-37(39)41(47-29-17-9-3-10-18-29)34-24-22-32(46-28-15-7-2-8-16-28)26-36(34)42(38)48-30-19-11-4-12-20-30/h1-26H. The van der Waals surface area contributed by atoms with Crippen molar-refractivity contribution in [2.24, 2.45) is 0 Å². The Kier molecular flexibility index (Phi) is 8.72. The van der Waals surface area contributed by atoms with Gasteiger partial charge in [0, 0.05) is 61.4 Å². The Morgan fingerprint density at radius 1 is 0.312 bits per heavy atom. The largest absolute Gasteiger partial charge is 0.289 e. The van der Waals surface area contributed by atoms with Gasteiger partial charge >= 0.3 is 0 Å². The predicted octanol–water partition coefficient (Wildman–Crippen LogP) is 12.2. The molecule has 1 aliphatic rings. The maximum atomic E-state index is 14.9. The lowest BCUT2D eigenvalue weighted by molar-refractivity contribution is 0.0975. The van der Waals surface area contributed by atoms with E-state index in [0.717, 1.165) is 49.9 Å². The zero-order chi connectivity index (χ0) is 32.5. The molecule has 2 nitrogen and oxygen atoms in total. The molecule has 0 saturated carbocycles. The van der Waals surface area contributed by atoms with Crippen molar-refractivity contribution in [2.75, 3.05) is 0 Å². The van der Waals surface area contributed by atoms with Gasteiger partial charge in [0.1, 0.15) is 0 Å². The van der Waals surface area contributed by atoms with Crippen molar-refractivity contribution in [3.8, 4) is 0 Å². The number of fused-ring (bicyclic) bond motifs is 3. The summed E-state index contributed by atoms with van der Waals surface area (Å²) in [6.07, 6.45) is 0. The topological polar surface area (TPSA) is 34.1 Å². The van der Waals surface area contributed by atoms with Gasteiger partial charge in [0.15, 0.2) is 11.6 Å². The first-order valence-electron chi connectivity index (χ1n) is 15.4. The van der Waals surface area contributed by atoms with Crippen LogP contribution >= 0.6 is 47.0 Å². The van der Waals surface area contributed by atoms with E-state index < -0.39 is 0 Å². The van der Waals surface area contributed by atoms with Crippen molar-refractivity contribution >= 4 is 69.4 Å². The number of hydrogen-bond acceptors (Lipinski definition) is 6. The third kappa shape index (κ3) is 6.13. The van der Waals surface area contributed by atoms with Crippen LogP contribution in [0.5, 0.6) is 0 Å². The molecule has 0 heterocycles. The summed E-state index contributed by atoms with van der Waals surface area (Å²) < 4.78 is 0. The molecule has 230 valence electrons. The van der Waals surface area contributed by atoms with E-state index >= 15 is 0 Å². The molecule has 0 aliphatic heterocycles. The molecule has 7 aromatic carbocycles. The van der Waals surface area contributed by atoms with E-state index in [-0.39, 0.29) is 11.6 Å². The third-order valence-corrected chi connectivity index (χ3v) is 12.3. The highest BCUT2D eigenvalue weighted by molar-refractivity contribution is 8.00. The van der Waals surface area contributed by atoms with E-state index in [1.54, 1.807) is 47.0 Å². The summed E-state index contributed by atoms with van der Waals surface area (Å²) in [6, 6.07) is 52.6. The molecule has 1 aliphatic carbocycles. The molecule has 0 aromatic heterocycles. The van der Waals surface area contributed by atoms with Crippen LogP contribution in [0.15, 0.2) is 197 Å². The van der Waals surface area contributed by atoms with E-state index in [2.05, 4.69) is 42.5 Å². The second-order valence-corrected chi connectivity index (χ2v) is 15.6. The average molecular weight is 691 g/mol. The molecule has 0 amide bonds. The second kappa shape index (κ2) is 13.6. The first kappa shape index (κ1) is 30.8. The van der Waals surface area contributed by atoms with Crippen molar-refractivity contribution in [3.05, 3.63) is 180 Å². The zero-order valence-corrected chi connectivity index (χ0v) is 28.7. The van der Waals surface area contributed by atoms with Gasteiger partial charge in [-0.05, 0) is 89.6 Å². The predicted molar refractivity (Wildman–Crippen MR) is 200 cm³/mol. The minimum atomic E-state index is -0.119. The van der Waals surface area contributed by atoms with Gasteiger partial charge in [-0.15, -0.1) is 0 Å². The van der Waals surface area contributed by atoms with Gasteiger partial charge in [-0.3, -0.25) is 9.59 Å². The van der Waals surface area contributed by atoms with Crippen LogP contribution in [0.2, 0.25) is 0 Å². The molecule has 0 unspecified atom stereocenters. The lowest BCUT2D eigenvalue weighted by atomic mass is 9.82. The lowest BCUT2D eigenvalue weighted by Gasteiger charge is -2.25. The van der Waals surface area contributed by atoms with Crippen LogP contribution in [0.3, 0.4) is 0 Å². The molecule has 0 bridgehead atoms. The minimum Gasteiger partial charge on any atom is -0.289 e. The summed E-state index contributed by atoms with van der Waals surface area (Å²) in [4.78, 5) is 37.4. The first-order chi connectivity index (χ1) is 23.6. The summed E-state index contributed by atoms with van der Waals surface area (Å²) in [5, 5.41) is 1.92. The fourth-order valence-electron chi connectivity index (χ4n) is 5.82. The maximum Gasteiger partial charge on any atom is 0.195 e. The van der Waals surface area contributed by atoms with Crippen molar-refractivity contribution < 1.29 is 9.59 Å². The molecule has 0 atom stereocenters. The molecule has 0 radical (unpaired) electrons. The monoisotopic (exact) mass is 690 g/mol. The van der Waals surface area contributed by atoms with Crippen LogP contribution in [0.1, 0.15) is 31.8 Å². The number of carbonyl (C=O) groups excluding carboxylic acids is 2. The third-order valence-electron chi connectivity index (χ3n) is 8.00. The van der Waals surface area contributed by atoms with Gasteiger partial charge in [-0.2, -0.15) is 0 Å². The number of benzene rings is 7. The van der Waals surface area contributed by atoms with Gasteiger partial charge in [-0.1, -0.05) is 126 Å². The normalized spacial score (nSPS) is 12.2. The Morgan fingerprint density at radius 3 is 1.21 bits per heavy atom. The molecule has 0 spiro atoms. The Labute approximate surface area is 296 Å². The van der Waals surface area contributed by atoms with E-state index in [0.29, 0.717) is 22.3 Å². The van der Waals surface area contributed by atoms with E-state index in [4.69, 9.17) is 0 Å². The number of hydrogen-bond donors (Lipinski definition) is 0. The number of rotatable bonds is 8. The van der Waals surface area contributed by atoms with Gasteiger partial charge < -0.3 is 0 Å². The molecule has 48 heavy (non-hydrogen) atoms. The Hall–Kier alpha value is -4.46. The number of carbonyl (C=O) groups is 2. The first-order valence-corrected chi connectivity index (χ1v) is 18.7. The molecule has 0 saturated heterocycles. The fourth-order valence-corrected chi connectivity index (χ4v) is 9.79. The molecule has 0 N–H and O–H groups in total. The molecular formula is C42H26O2S4. The highest BCUT2D eigenvalue weighted by Gasteiger charge is 2.36. The summed E-state index contributed by atoms with van der Waals surface area (Å²) in [5.74, 6) is -0.236. The Bertz CT molecular complexity index is 2310. The van der Waals surface area contributed by atoms with E-state index in [9.17, 15) is 9.59 Å². The van der Waals surface area contributed by atoms with E-state index in [1.807, 2.05) is 115 Å². The highest BCUT2D eigenvalue weighted by atomic mass is 32.2. The molecular weight excluding hydrogens is 665 g/mol. The summed E-state index contributed by atoms with van der Waals surface area (Å²) in [7, 11) is 0. The average Bonchev–Trinajstić information content (AvgIpc) is 3.13. The highest BCUT2D eigenvalue weighted by Crippen LogP contribution is 2.49. The SMILES string of the molecule is O=C1c2ccc(Sc3ccccc3)cc2C(=O)c2c1c(Sc1ccccc1)c1ccc(Sc3ccccc3)cc1c2Sc1ccccc1. The van der Waals surface area contributed by atoms with Crippen LogP contribution < -0.4 is 0 Å². The van der Waals surface area contributed by atoms with Gasteiger partial charge in [0.2, 0.25) is 0 Å². The molecule has 6 heteroatoms. The Balaban J connectivity index is 1.37. The quantitative estimate of drug-likeness (QED) is 0.158. The summed E-state index contributed by atoms with van der Waals surface area (Å²) in [5.41, 5.74) is 1.87. The van der Waals surface area contributed by atoms with Crippen molar-refractivity contribution in [1.82, 2.24) is 0 Å². The number of ketones is 2. The van der Waals surface area contributed by atoms with Gasteiger partial charge in [0.05, 0.1) is 0 Å². The van der Waals surface area contributed by atoms with Crippen LogP contribution in [-0.4, -0.2) is 11.6 Å². The summed E-state index contributed by atoms with van der Waals surface area (Å²) in [6.45, 7) is 0. The van der Waals surface area contributed by atoms with Gasteiger partial charge in [-0.25, -0.2) is 0 Å². The molecule has 7 aromatic rings. The van der Waals surface area contributed by atoms with Crippen LogP contribution in [-0.2, 0) is 0 Å². The zero-order valence-electron chi connectivity index (χ0n) is 25.5. The van der Waals surface area contributed by atoms with Crippen molar-refractivity contribution in [1.29, 1.82) is 0 Å². The molecule has 8 rings (SSSR count). The van der Waals surface area contributed by atoms with Crippen molar-refractivity contribution in [2.45, 2.75) is 39.2 Å². The molecule has 0 fully saturated rings. The smallest absolute Gasteiger partial charge is 0.195 e.